The molecule has 12 heteroatoms. The summed E-state index contributed by atoms with van der Waals surface area (Å²) in [7, 11) is 4.65. The lowest BCUT2D eigenvalue weighted by Gasteiger charge is -2.27. The maximum Gasteiger partial charge on any atom is 0.338 e. The Labute approximate surface area is 289 Å². The molecule has 0 spiro atoms. The SMILES string of the molecule is CCCC1=C(C(=O)OCC)[C@H](c2cc(OC)ccc2OC)n2c(s/c(=C\c3cc(Br)c(OCc4ccccc4Cl)c(OC)c3)c2=O)=N1. The Kier molecular flexibility index (Phi) is 11.1. The molecule has 9 nitrogen and oxygen atoms in total. The smallest absolute Gasteiger partial charge is 0.338 e. The van der Waals surface area contributed by atoms with Crippen molar-refractivity contribution < 1.29 is 28.5 Å². The second-order valence-corrected chi connectivity index (χ2v) is 12.7. The van der Waals surface area contributed by atoms with Gasteiger partial charge < -0.3 is 23.7 Å². The van der Waals surface area contributed by atoms with Crippen molar-refractivity contribution in [3.8, 4) is 23.0 Å². The first-order valence-corrected chi connectivity index (χ1v) is 16.9. The number of methoxy groups -OCH3 is 3. The Balaban J connectivity index is 1.66. The highest BCUT2D eigenvalue weighted by Gasteiger charge is 2.36. The zero-order valence-electron chi connectivity index (χ0n) is 26.6. The maximum atomic E-state index is 14.3. The molecule has 47 heavy (non-hydrogen) atoms. The molecule has 0 amide bonds. The molecule has 1 aromatic heterocycles. The zero-order chi connectivity index (χ0) is 33.7. The van der Waals surface area contributed by atoms with Crippen LogP contribution in [-0.4, -0.2) is 38.5 Å². The van der Waals surface area contributed by atoms with Gasteiger partial charge in [0.25, 0.3) is 5.56 Å². The van der Waals surface area contributed by atoms with E-state index in [1.54, 1.807) is 64.7 Å². The van der Waals surface area contributed by atoms with E-state index >= 15 is 0 Å². The number of carbonyl (C=O) groups excluding carboxylic acids is 1. The molecule has 2 heterocycles. The van der Waals surface area contributed by atoms with Crippen LogP contribution < -0.4 is 33.8 Å². The van der Waals surface area contributed by atoms with Crippen molar-refractivity contribution in [2.75, 3.05) is 27.9 Å². The van der Waals surface area contributed by atoms with E-state index in [9.17, 15) is 9.59 Å². The van der Waals surface area contributed by atoms with E-state index in [1.807, 2.05) is 31.2 Å². The predicted molar refractivity (Wildman–Crippen MR) is 186 cm³/mol. The summed E-state index contributed by atoms with van der Waals surface area (Å²) in [6.07, 6.45) is 3.02. The fraction of sp³-hybridized carbons (Fsp3) is 0.286. The third-order valence-electron chi connectivity index (χ3n) is 7.50. The molecule has 0 N–H and O–H groups in total. The van der Waals surface area contributed by atoms with Crippen molar-refractivity contribution in [2.45, 2.75) is 39.3 Å². The monoisotopic (exact) mass is 740 g/mol. The minimum absolute atomic E-state index is 0.170. The molecule has 1 aliphatic rings. The van der Waals surface area contributed by atoms with E-state index in [2.05, 4.69) is 15.9 Å². The van der Waals surface area contributed by atoms with Gasteiger partial charge in [-0.15, -0.1) is 0 Å². The van der Waals surface area contributed by atoms with Crippen molar-refractivity contribution in [3.05, 3.63) is 112 Å². The number of thiazole rings is 1. The van der Waals surface area contributed by atoms with Crippen LogP contribution >= 0.6 is 38.9 Å². The number of fused-ring (bicyclic) bond motifs is 1. The van der Waals surface area contributed by atoms with Gasteiger partial charge in [-0.3, -0.25) is 9.36 Å². The van der Waals surface area contributed by atoms with Gasteiger partial charge in [0, 0.05) is 16.1 Å². The lowest BCUT2D eigenvalue weighted by atomic mass is 9.93. The van der Waals surface area contributed by atoms with Gasteiger partial charge in [0.2, 0.25) is 0 Å². The normalized spacial score (nSPS) is 14.4. The molecule has 246 valence electrons. The fourth-order valence-electron chi connectivity index (χ4n) is 5.35. The molecule has 0 bridgehead atoms. The van der Waals surface area contributed by atoms with Gasteiger partial charge in [-0.2, -0.15) is 0 Å². The van der Waals surface area contributed by atoms with Gasteiger partial charge in [-0.05, 0) is 77.3 Å². The Morgan fingerprint density at radius 3 is 2.49 bits per heavy atom. The Bertz CT molecular complexity index is 2020. The Morgan fingerprint density at radius 2 is 1.81 bits per heavy atom. The summed E-state index contributed by atoms with van der Waals surface area (Å²) >= 11 is 11.2. The second kappa shape index (κ2) is 15.2. The van der Waals surface area contributed by atoms with Crippen LogP contribution in [0.5, 0.6) is 23.0 Å². The van der Waals surface area contributed by atoms with Crippen LogP contribution in [0.3, 0.4) is 0 Å². The number of ether oxygens (including phenoxy) is 5. The summed E-state index contributed by atoms with van der Waals surface area (Å²) in [5, 5.41) is 0.604. The molecule has 0 fully saturated rings. The van der Waals surface area contributed by atoms with Crippen molar-refractivity contribution in [1.29, 1.82) is 0 Å². The van der Waals surface area contributed by atoms with E-state index in [4.69, 9.17) is 40.3 Å². The number of aromatic nitrogens is 1. The fourth-order valence-corrected chi connectivity index (χ4v) is 7.13. The molecular weight excluding hydrogens is 708 g/mol. The van der Waals surface area contributed by atoms with Crippen molar-refractivity contribution in [2.24, 2.45) is 4.99 Å². The predicted octanol–water partition coefficient (Wildman–Crippen LogP) is 6.60. The van der Waals surface area contributed by atoms with Crippen LogP contribution in [0.1, 0.15) is 49.4 Å². The zero-order valence-corrected chi connectivity index (χ0v) is 29.8. The van der Waals surface area contributed by atoms with Crippen LogP contribution in [0.2, 0.25) is 5.02 Å². The average molecular weight is 742 g/mol. The highest BCUT2D eigenvalue weighted by Crippen LogP contribution is 2.40. The molecule has 0 saturated carbocycles. The minimum atomic E-state index is -0.860. The number of rotatable bonds is 12. The molecule has 5 rings (SSSR count). The second-order valence-electron chi connectivity index (χ2n) is 10.4. The van der Waals surface area contributed by atoms with Gasteiger partial charge in [-0.25, -0.2) is 9.79 Å². The van der Waals surface area contributed by atoms with Gasteiger partial charge in [0.1, 0.15) is 24.1 Å². The highest BCUT2D eigenvalue weighted by molar-refractivity contribution is 9.10. The molecule has 0 radical (unpaired) electrons. The molecule has 0 saturated heterocycles. The number of esters is 1. The topological polar surface area (TPSA) is 97.6 Å². The van der Waals surface area contributed by atoms with Crippen molar-refractivity contribution in [3.63, 3.8) is 0 Å². The molecule has 1 atom stereocenters. The van der Waals surface area contributed by atoms with E-state index in [-0.39, 0.29) is 18.8 Å². The minimum Gasteiger partial charge on any atom is -0.497 e. The first-order chi connectivity index (χ1) is 22.7. The molecule has 0 unspecified atom stereocenters. The molecule has 4 aromatic rings. The molecule has 0 aliphatic carbocycles. The van der Waals surface area contributed by atoms with E-state index in [0.29, 0.717) is 70.6 Å². The Morgan fingerprint density at radius 1 is 1.04 bits per heavy atom. The first kappa shape index (κ1) is 34.3. The van der Waals surface area contributed by atoms with Gasteiger partial charge >= 0.3 is 5.97 Å². The maximum absolute atomic E-state index is 14.3. The number of nitrogens with zero attached hydrogens (tertiary/aromatic N) is 2. The van der Waals surface area contributed by atoms with Crippen LogP contribution in [0, 0.1) is 0 Å². The number of halogens is 2. The quantitative estimate of drug-likeness (QED) is 0.151. The van der Waals surface area contributed by atoms with Gasteiger partial charge in [0.15, 0.2) is 16.3 Å². The Hall–Kier alpha value is -4.06. The third-order valence-corrected chi connectivity index (χ3v) is 9.44. The van der Waals surface area contributed by atoms with Gasteiger partial charge in [0.05, 0.1) is 48.2 Å². The molecular formula is C35H34BrClN2O7S. The first-order valence-electron chi connectivity index (χ1n) is 14.9. The number of hydrogen-bond donors (Lipinski definition) is 0. The van der Waals surface area contributed by atoms with Gasteiger partial charge in [-0.1, -0.05) is 54.5 Å². The highest BCUT2D eigenvalue weighted by atomic mass is 79.9. The summed E-state index contributed by atoms with van der Waals surface area (Å²) in [6.45, 7) is 4.16. The molecule has 1 aliphatic heterocycles. The summed E-state index contributed by atoms with van der Waals surface area (Å²) in [4.78, 5) is 33.2. The standard InChI is InChI=1S/C35H34BrClN2O7S/c1-6-10-26-30(34(41)45-7-2)31(23-18-22(42-3)13-14-27(23)43-4)39-33(40)29(47-35(39)38-26)17-20-15-24(36)32(28(16-20)44-5)46-19-21-11-8-9-12-25(21)37/h8-9,11-18,31H,6-7,10,19H2,1-5H3/b29-17-/t31-/m0/s1. The lowest BCUT2D eigenvalue weighted by molar-refractivity contribution is -0.139. The van der Waals surface area contributed by atoms with Crippen LogP contribution in [0.4, 0.5) is 0 Å². The van der Waals surface area contributed by atoms with Crippen molar-refractivity contribution >= 4 is 50.9 Å². The largest absolute Gasteiger partial charge is 0.497 e. The van der Waals surface area contributed by atoms with Crippen LogP contribution in [0.25, 0.3) is 6.08 Å². The van der Waals surface area contributed by atoms with E-state index in [1.165, 1.54) is 15.9 Å². The average Bonchev–Trinajstić information content (AvgIpc) is 3.37. The summed E-state index contributed by atoms with van der Waals surface area (Å²) in [5.41, 5.74) is 2.64. The van der Waals surface area contributed by atoms with E-state index < -0.39 is 12.0 Å². The van der Waals surface area contributed by atoms with Crippen LogP contribution in [-0.2, 0) is 16.1 Å². The number of allylic oxidation sites excluding steroid dienone is 1. The number of benzene rings is 3. The summed E-state index contributed by atoms with van der Waals surface area (Å²) in [6, 6.07) is 15.5. The van der Waals surface area contributed by atoms with Crippen molar-refractivity contribution in [1.82, 2.24) is 4.57 Å². The number of carbonyl (C=O) groups is 1. The van der Waals surface area contributed by atoms with E-state index in [0.717, 1.165) is 12.0 Å². The summed E-state index contributed by atoms with van der Waals surface area (Å²) in [5.74, 6) is 1.48. The summed E-state index contributed by atoms with van der Waals surface area (Å²) < 4.78 is 31.1. The van der Waals surface area contributed by atoms with Crippen LogP contribution in [0.15, 0.2) is 80.1 Å². The molecule has 3 aromatic carbocycles. The third kappa shape index (κ3) is 7.12. The lowest BCUT2D eigenvalue weighted by Crippen LogP contribution is -2.40. The number of hydrogen-bond acceptors (Lipinski definition) is 9.